The second kappa shape index (κ2) is 6.12. The van der Waals surface area contributed by atoms with Crippen molar-refractivity contribution in [1.29, 1.82) is 0 Å². The van der Waals surface area contributed by atoms with E-state index in [4.69, 9.17) is 21.1 Å². The molecule has 0 aliphatic carbocycles. The number of ether oxygens (including phenoxy) is 2. The van der Waals surface area contributed by atoms with E-state index >= 15 is 0 Å². The first-order chi connectivity index (χ1) is 8.74. The van der Waals surface area contributed by atoms with E-state index in [1.807, 2.05) is 24.3 Å². The molecular formula is C14H15ClO2S. The molecule has 0 fully saturated rings. The molecular weight excluding hydrogens is 268 g/mol. The lowest BCUT2D eigenvalue weighted by Crippen LogP contribution is -1.99. The quantitative estimate of drug-likeness (QED) is 0.762. The summed E-state index contributed by atoms with van der Waals surface area (Å²) in [6.45, 7) is 0. The SMILES string of the molecule is COc1ccc(C(Cl)Cc2cccs2)c(OC)c1. The van der Waals surface area contributed by atoms with Crippen molar-refractivity contribution in [1.82, 2.24) is 0 Å². The lowest BCUT2D eigenvalue weighted by atomic mass is 10.1. The first-order valence-corrected chi connectivity index (χ1v) is 6.94. The fourth-order valence-corrected chi connectivity index (χ4v) is 2.98. The fourth-order valence-electron chi connectivity index (χ4n) is 1.79. The highest BCUT2D eigenvalue weighted by Crippen LogP contribution is 2.35. The Hall–Kier alpha value is -1.19. The molecule has 0 N–H and O–H groups in total. The van der Waals surface area contributed by atoms with Crippen molar-refractivity contribution in [2.75, 3.05) is 14.2 Å². The Morgan fingerprint density at radius 1 is 1.22 bits per heavy atom. The van der Waals surface area contributed by atoms with Gasteiger partial charge < -0.3 is 9.47 Å². The largest absolute Gasteiger partial charge is 0.497 e. The lowest BCUT2D eigenvalue weighted by molar-refractivity contribution is 0.390. The average molecular weight is 283 g/mol. The average Bonchev–Trinajstić information content (AvgIpc) is 2.90. The minimum Gasteiger partial charge on any atom is -0.497 e. The highest BCUT2D eigenvalue weighted by atomic mass is 35.5. The van der Waals surface area contributed by atoms with E-state index in [1.165, 1.54) is 4.88 Å². The highest BCUT2D eigenvalue weighted by Gasteiger charge is 2.15. The van der Waals surface area contributed by atoms with Crippen LogP contribution in [0.3, 0.4) is 0 Å². The Kier molecular flexibility index (Phi) is 4.50. The van der Waals surface area contributed by atoms with Crippen LogP contribution in [0.2, 0.25) is 0 Å². The van der Waals surface area contributed by atoms with Crippen LogP contribution in [0, 0.1) is 0 Å². The molecule has 0 aliphatic heterocycles. The van der Waals surface area contributed by atoms with Crippen LogP contribution in [0.4, 0.5) is 0 Å². The summed E-state index contributed by atoms with van der Waals surface area (Å²) in [5, 5.41) is 1.97. The monoisotopic (exact) mass is 282 g/mol. The molecule has 0 aliphatic rings. The van der Waals surface area contributed by atoms with Crippen LogP contribution in [-0.4, -0.2) is 14.2 Å². The van der Waals surface area contributed by atoms with Crippen molar-refractivity contribution in [2.45, 2.75) is 11.8 Å². The molecule has 1 atom stereocenters. The summed E-state index contributed by atoms with van der Waals surface area (Å²) in [6.07, 6.45) is 0.807. The molecule has 1 aromatic carbocycles. The summed E-state index contributed by atoms with van der Waals surface area (Å²) in [7, 11) is 3.28. The van der Waals surface area contributed by atoms with Gasteiger partial charge in [-0.3, -0.25) is 0 Å². The van der Waals surface area contributed by atoms with Gasteiger partial charge in [-0.1, -0.05) is 12.1 Å². The standard InChI is InChI=1S/C14H15ClO2S/c1-16-10-5-6-12(14(8-10)17-2)13(15)9-11-4-3-7-18-11/h3-8,13H,9H2,1-2H3. The minimum atomic E-state index is -0.0930. The molecule has 1 unspecified atom stereocenters. The smallest absolute Gasteiger partial charge is 0.127 e. The number of alkyl halides is 1. The van der Waals surface area contributed by atoms with Crippen LogP contribution < -0.4 is 9.47 Å². The predicted molar refractivity (Wildman–Crippen MR) is 76.2 cm³/mol. The number of hydrogen-bond donors (Lipinski definition) is 0. The van der Waals surface area contributed by atoms with Crippen LogP contribution in [0.5, 0.6) is 11.5 Å². The van der Waals surface area contributed by atoms with Gasteiger partial charge in [0.05, 0.1) is 19.6 Å². The molecule has 2 aromatic rings. The maximum Gasteiger partial charge on any atom is 0.127 e. The molecule has 2 rings (SSSR count). The van der Waals surface area contributed by atoms with Gasteiger partial charge in [0.2, 0.25) is 0 Å². The topological polar surface area (TPSA) is 18.5 Å². The van der Waals surface area contributed by atoms with Gasteiger partial charge in [-0.25, -0.2) is 0 Å². The maximum absolute atomic E-state index is 6.46. The second-order valence-corrected chi connectivity index (χ2v) is 5.42. The molecule has 2 nitrogen and oxygen atoms in total. The summed E-state index contributed by atoms with van der Waals surface area (Å²) < 4.78 is 10.5. The first kappa shape index (κ1) is 13.2. The molecule has 0 spiro atoms. The summed E-state index contributed by atoms with van der Waals surface area (Å²) in [5.41, 5.74) is 0.994. The Labute approximate surface area is 116 Å². The summed E-state index contributed by atoms with van der Waals surface area (Å²) >= 11 is 8.18. The molecule has 0 amide bonds. The third-order valence-electron chi connectivity index (χ3n) is 2.74. The number of thiophene rings is 1. The lowest BCUT2D eigenvalue weighted by Gasteiger charge is -2.14. The van der Waals surface area contributed by atoms with Crippen molar-refractivity contribution in [3.63, 3.8) is 0 Å². The van der Waals surface area contributed by atoms with Crippen molar-refractivity contribution in [3.8, 4) is 11.5 Å². The molecule has 0 saturated heterocycles. The molecule has 4 heteroatoms. The zero-order chi connectivity index (χ0) is 13.0. The number of hydrogen-bond acceptors (Lipinski definition) is 3. The van der Waals surface area contributed by atoms with Gasteiger partial charge in [0.1, 0.15) is 11.5 Å². The van der Waals surface area contributed by atoms with E-state index < -0.39 is 0 Å². The minimum absolute atomic E-state index is 0.0930. The van der Waals surface area contributed by atoms with Crippen LogP contribution in [-0.2, 0) is 6.42 Å². The number of benzene rings is 1. The van der Waals surface area contributed by atoms with Crippen LogP contribution >= 0.6 is 22.9 Å². The Bertz CT molecular complexity index is 497. The highest BCUT2D eigenvalue weighted by molar-refractivity contribution is 7.09. The fraction of sp³-hybridized carbons (Fsp3) is 0.286. The maximum atomic E-state index is 6.46. The van der Waals surface area contributed by atoms with Crippen molar-refractivity contribution < 1.29 is 9.47 Å². The van der Waals surface area contributed by atoms with Crippen LogP contribution in [0.1, 0.15) is 15.8 Å². The van der Waals surface area contributed by atoms with Crippen molar-refractivity contribution >= 4 is 22.9 Å². The third kappa shape index (κ3) is 2.98. The molecule has 18 heavy (non-hydrogen) atoms. The molecule has 96 valence electrons. The van der Waals surface area contributed by atoms with Gasteiger partial charge >= 0.3 is 0 Å². The van der Waals surface area contributed by atoms with Gasteiger partial charge in [-0.2, -0.15) is 0 Å². The van der Waals surface area contributed by atoms with Gasteiger partial charge in [0.15, 0.2) is 0 Å². The van der Waals surface area contributed by atoms with Crippen molar-refractivity contribution in [3.05, 3.63) is 46.2 Å². The molecule has 0 radical (unpaired) electrons. The van der Waals surface area contributed by atoms with E-state index in [0.717, 1.165) is 23.5 Å². The number of methoxy groups -OCH3 is 2. The molecule has 1 aromatic heterocycles. The second-order valence-electron chi connectivity index (χ2n) is 3.86. The summed E-state index contributed by atoms with van der Waals surface area (Å²) in [4.78, 5) is 1.27. The Morgan fingerprint density at radius 3 is 2.67 bits per heavy atom. The van der Waals surface area contributed by atoms with E-state index in [1.54, 1.807) is 25.6 Å². The summed E-state index contributed by atoms with van der Waals surface area (Å²) in [5.74, 6) is 1.54. The first-order valence-electron chi connectivity index (χ1n) is 5.63. The predicted octanol–water partition coefficient (Wildman–Crippen LogP) is 4.29. The summed E-state index contributed by atoms with van der Waals surface area (Å²) in [6, 6.07) is 9.86. The van der Waals surface area contributed by atoms with Crippen LogP contribution in [0.25, 0.3) is 0 Å². The van der Waals surface area contributed by atoms with E-state index in [2.05, 4.69) is 11.4 Å². The van der Waals surface area contributed by atoms with E-state index in [9.17, 15) is 0 Å². The van der Waals surface area contributed by atoms with E-state index in [0.29, 0.717) is 0 Å². The Morgan fingerprint density at radius 2 is 2.06 bits per heavy atom. The van der Waals surface area contributed by atoms with Crippen LogP contribution in [0.15, 0.2) is 35.7 Å². The van der Waals surface area contributed by atoms with E-state index in [-0.39, 0.29) is 5.38 Å². The zero-order valence-corrected chi connectivity index (χ0v) is 11.9. The van der Waals surface area contributed by atoms with Gasteiger partial charge in [0, 0.05) is 22.9 Å². The van der Waals surface area contributed by atoms with Gasteiger partial charge in [-0.05, 0) is 17.5 Å². The zero-order valence-electron chi connectivity index (χ0n) is 10.4. The molecule has 0 saturated carbocycles. The number of halogens is 1. The number of rotatable bonds is 5. The van der Waals surface area contributed by atoms with Gasteiger partial charge in [0.25, 0.3) is 0 Å². The molecule has 0 bridgehead atoms. The Balaban J connectivity index is 2.21. The molecule has 1 heterocycles. The van der Waals surface area contributed by atoms with Crippen molar-refractivity contribution in [2.24, 2.45) is 0 Å². The van der Waals surface area contributed by atoms with Gasteiger partial charge in [-0.15, -0.1) is 22.9 Å². The third-order valence-corrected chi connectivity index (χ3v) is 4.03. The normalized spacial score (nSPS) is 12.2.